The van der Waals surface area contributed by atoms with Gasteiger partial charge < -0.3 is 5.73 Å². The van der Waals surface area contributed by atoms with Crippen molar-refractivity contribution in [3.63, 3.8) is 0 Å². The summed E-state index contributed by atoms with van der Waals surface area (Å²) in [5, 5.41) is 0. The quantitative estimate of drug-likeness (QED) is 0.539. The minimum atomic E-state index is -0.616. The monoisotopic (exact) mass is 174 g/mol. The van der Waals surface area contributed by atoms with Crippen LogP contribution < -0.4 is 5.73 Å². The molecule has 1 aromatic heterocycles. The molecule has 0 radical (unpaired) electrons. The van der Waals surface area contributed by atoms with E-state index in [0.717, 1.165) is 0 Å². The molecule has 0 bridgehead atoms. The highest BCUT2D eigenvalue weighted by molar-refractivity contribution is 5.99. The molecule has 0 saturated carbocycles. The molecule has 2 N–H and O–H groups in total. The lowest BCUT2D eigenvalue weighted by Crippen LogP contribution is -2.29. The molecule has 1 unspecified atom stereocenters. The highest BCUT2D eigenvalue weighted by Crippen LogP contribution is 2.01. The predicted octanol–water partition coefficient (Wildman–Crippen LogP) is 0.615. The number of aromatic nitrogens is 1. The zero-order valence-electron chi connectivity index (χ0n) is 7.10. The SMILES string of the molecule is C#CCC(N)C(=O)c1cccnc1. The first-order valence-corrected chi connectivity index (χ1v) is 3.89. The third-order valence-electron chi connectivity index (χ3n) is 1.62. The molecule has 66 valence electrons. The molecule has 1 rings (SSSR count). The Kier molecular flexibility index (Phi) is 3.18. The van der Waals surface area contributed by atoms with E-state index >= 15 is 0 Å². The van der Waals surface area contributed by atoms with Crippen LogP contribution in [0.1, 0.15) is 16.8 Å². The van der Waals surface area contributed by atoms with Crippen LogP contribution in [0.15, 0.2) is 24.5 Å². The van der Waals surface area contributed by atoms with Crippen molar-refractivity contribution in [1.82, 2.24) is 4.98 Å². The molecule has 1 atom stereocenters. The van der Waals surface area contributed by atoms with Gasteiger partial charge in [-0.3, -0.25) is 9.78 Å². The van der Waals surface area contributed by atoms with Gasteiger partial charge in [0.2, 0.25) is 0 Å². The molecule has 1 aromatic rings. The Morgan fingerprint density at radius 3 is 3.08 bits per heavy atom. The van der Waals surface area contributed by atoms with Gasteiger partial charge >= 0.3 is 0 Å². The van der Waals surface area contributed by atoms with Crippen LogP contribution in [0.25, 0.3) is 0 Å². The molecule has 13 heavy (non-hydrogen) atoms. The van der Waals surface area contributed by atoms with Gasteiger partial charge in [-0.15, -0.1) is 12.3 Å². The number of pyridine rings is 1. The number of nitrogens with zero attached hydrogens (tertiary/aromatic N) is 1. The summed E-state index contributed by atoms with van der Waals surface area (Å²) in [5.41, 5.74) is 6.04. The number of terminal acetylenes is 1. The average molecular weight is 174 g/mol. The van der Waals surface area contributed by atoms with E-state index in [1.54, 1.807) is 18.3 Å². The minimum Gasteiger partial charge on any atom is -0.320 e. The first kappa shape index (κ1) is 9.43. The summed E-state index contributed by atoms with van der Waals surface area (Å²) in [5.74, 6) is 2.19. The van der Waals surface area contributed by atoms with Crippen LogP contribution in [0.4, 0.5) is 0 Å². The number of carbonyl (C=O) groups excluding carboxylic acids is 1. The highest BCUT2D eigenvalue weighted by Gasteiger charge is 2.13. The van der Waals surface area contributed by atoms with E-state index in [4.69, 9.17) is 12.2 Å². The minimum absolute atomic E-state index is 0.161. The number of hydrogen-bond acceptors (Lipinski definition) is 3. The van der Waals surface area contributed by atoms with Crippen LogP contribution >= 0.6 is 0 Å². The maximum atomic E-state index is 11.5. The van der Waals surface area contributed by atoms with E-state index in [2.05, 4.69) is 10.9 Å². The van der Waals surface area contributed by atoms with Crippen molar-refractivity contribution in [2.24, 2.45) is 5.73 Å². The van der Waals surface area contributed by atoms with Crippen molar-refractivity contribution in [3.05, 3.63) is 30.1 Å². The second-order valence-electron chi connectivity index (χ2n) is 2.62. The fraction of sp³-hybridized carbons (Fsp3) is 0.200. The van der Waals surface area contributed by atoms with Crippen LogP contribution in [-0.4, -0.2) is 16.8 Å². The normalized spacial score (nSPS) is 11.7. The molecule has 0 aliphatic rings. The lowest BCUT2D eigenvalue weighted by atomic mass is 10.0. The predicted molar refractivity (Wildman–Crippen MR) is 50.0 cm³/mol. The van der Waals surface area contributed by atoms with Crippen LogP contribution in [0.5, 0.6) is 0 Å². The summed E-state index contributed by atoms with van der Waals surface area (Å²) in [4.78, 5) is 15.3. The Hall–Kier alpha value is -1.66. The number of nitrogens with two attached hydrogens (primary N) is 1. The topological polar surface area (TPSA) is 56.0 Å². The van der Waals surface area contributed by atoms with Crippen LogP contribution in [-0.2, 0) is 0 Å². The summed E-state index contributed by atoms with van der Waals surface area (Å²) < 4.78 is 0. The van der Waals surface area contributed by atoms with Gasteiger partial charge in [-0.2, -0.15) is 0 Å². The van der Waals surface area contributed by atoms with E-state index in [1.165, 1.54) is 6.20 Å². The molecule has 0 amide bonds. The third kappa shape index (κ3) is 2.39. The van der Waals surface area contributed by atoms with Gasteiger partial charge in [-0.25, -0.2) is 0 Å². The molecule has 0 aromatic carbocycles. The van der Waals surface area contributed by atoms with Crippen molar-refractivity contribution in [2.45, 2.75) is 12.5 Å². The largest absolute Gasteiger partial charge is 0.320 e. The van der Waals surface area contributed by atoms with Crippen LogP contribution in [0.2, 0.25) is 0 Å². The molecule has 3 nitrogen and oxygen atoms in total. The number of rotatable bonds is 3. The second kappa shape index (κ2) is 4.39. The van der Waals surface area contributed by atoms with Crippen LogP contribution in [0.3, 0.4) is 0 Å². The van der Waals surface area contributed by atoms with Crippen LogP contribution in [0, 0.1) is 12.3 Å². The molecule has 0 fully saturated rings. The van der Waals surface area contributed by atoms with Crippen molar-refractivity contribution in [2.75, 3.05) is 0 Å². The second-order valence-corrected chi connectivity index (χ2v) is 2.62. The van der Waals surface area contributed by atoms with Crippen molar-refractivity contribution >= 4 is 5.78 Å². The number of carbonyl (C=O) groups is 1. The highest BCUT2D eigenvalue weighted by atomic mass is 16.1. The molecule has 3 heteroatoms. The summed E-state index contributed by atoms with van der Waals surface area (Å²) in [6.45, 7) is 0. The van der Waals surface area contributed by atoms with E-state index in [-0.39, 0.29) is 12.2 Å². The fourth-order valence-electron chi connectivity index (χ4n) is 0.942. The van der Waals surface area contributed by atoms with Gasteiger partial charge in [0, 0.05) is 24.4 Å². The maximum absolute atomic E-state index is 11.5. The van der Waals surface area contributed by atoms with Gasteiger partial charge in [-0.1, -0.05) is 0 Å². The standard InChI is InChI=1S/C10H10N2O/c1-2-4-9(11)10(13)8-5-3-6-12-7-8/h1,3,5-7,9H,4,11H2. The molecular weight excluding hydrogens is 164 g/mol. The zero-order valence-corrected chi connectivity index (χ0v) is 7.10. The zero-order chi connectivity index (χ0) is 9.68. The lowest BCUT2D eigenvalue weighted by molar-refractivity contribution is 0.0962. The molecule has 0 saturated heterocycles. The Morgan fingerprint density at radius 1 is 1.77 bits per heavy atom. The Bertz CT molecular complexity index is 327. The lowest BCUT2D eigenvalue weighted by Gasteiger charge is -2.05. The average Bonchev–Trinajstić information content (AvgIpc) is 2.18. The van der Waals surface area contributed by atoms with Crippen molar-refractivity contribution in [1.29, 1.82) is 0 Å². The molecule has 1 heterocycles. The Labute approximate surface area is 77.0 Å². The molecule has 0 spiro atoms. The maximum Gasteiger partial charge on any atom is 0.182 e. The van der Waals surface area contributed by atoms with Gasteiger partial charge in [0.25, 0.3) is 0 Å². The number of ketones is 1. The molecular formula is C10H10N2O. The van der Waals surface area contributed by atoms with E-state index in [9.17, 15) is 4.79 Å². The summed E-state index contributed by atoms with van der Waals surface area (Å²) in [6, 6.07) is 2.75. The molecule has 0 aliphatic carbocycles. The van der Waals surface area contributed by atoms with Gasteiger partial charge in [-0.05, 0) is 12.1 Å². The van der Waals surface area contributed by atoms with E-state index < -0.39 is 6.04 Å². The first-order valence-electron chi connectivity index (χ1n) is 3.89. The van der Waals surface area contributed by atoms with E-state index in [1.807, 2.05) is 0 Å². The summed E-state index contributed by atoms with van der Waals surface area (Å²) in [7, 11) is 0. The molecule has 0 aliphatic heterocycles. The Balaban J connectivity index is 2.75. The van der Waals surface area contributed by atoms with Gasteiger partial charge in [0.05, 0.1) is 6.04 Å². The fourth-order valence-corrected chi connectivity index (χ4v) is 0.942. The summed E-state index contributed by atoms with van der Waals surface area (Å²) >= 11 is 0. The first-order chi connectivity index (χ1) is 6.25. The van der Waals surface area contributed by atoms with Gasteiger partial charge in [0.15, 0.2) is 5.78 Å². The smallest absolute Gasteiger partial charge is 0.182 e. The van der Waals surface area contributed by atoms with Crippen molar-refractivity contribution < 1.29 is 4.79 Å². The van der Waals surface area contributed by atoms with E-state index in [0.29, 0.717) is 5.56 Å². The van der Waals surface area contributed by atoms with Gasteiger partial charge in [0.1, 0.15) is 0 Å². The number of hydrogen-bond donors (Lipinski definition) is 1. The number of Topliss-reactive ketones (excluding diaryl/α,β-unsaturated/α-hetero) is 1. The Morgan fingerprint density at radius 2 is 2.54 bits per heavy atom. The van der Waals surface area contributed by atoms with Crippen molar-refractivity contribution in [3.8, 4) is 12.3 Å². The third-order valence-corrected chi connectivity index (χ3v) is 1.62. The summed E-state index contributed by atoms with van der Waals surface area (Å²) in [6.07, 6.45) is 8.39.